The summed E-state index contributed by atoms with van der Waals surface area (Å²) in [5, 5.41) is 21.5. The number of thiazole rings is 1. The Morgan fingerprint density at radius 1 is 1.11 bits per heavy atom. The van der Waals surface area contributed by atoms with Gasteiger partial charge in [-0.2, -0.15) is 0 Å². The third kappa shape index (κ3) is 8.69. The fraction of sp³-hybridized carbons (Fsp3) is 0.460. The maximum atomic E-state index is 14.5. The Balaban J connectivity index is 0.816. The third-order valence-electron chi connectivity index (χ3n) is 14.8. The fourth-order valence-corrected chi connectivity index (χ4v) is 12.9. The number of sulfone groups is 1. The minimum atomic E-state index is -3.65. The molecule has 1 aromatic carbocycles. The van der Waals surface area contributed by atoms with Gasteiger partial charge in [-0.3, -0.25) is 24.1 Å². The van der Waals surface area contributed by atoms with Crippen LogP contribution < -0.4 is 26.7 Å². The monoisotopic (exact) mass is 1010 g/mol. The zero-order chi connectivity index (χ0) is 50.3. The molecule has 6 aliphatic rings. The largest absolute Gasteiger partial charge is 0.474 e. The molecule has 2 fully saturated rings. The molecule has 0 spiro atoms. The summed E-state index contributed by atoms with van der Waals surface area (Å²) in [4.78, 5) is 72.0. The van der Waals surface area contributed by atoms with E-state index in [1.807, 2.05) is 45.0 Å². The van der Waals surface area contributed by atoms with Crippen LogP contribution in [0.25, 0.3) is 21.7 Å². The van der Waals surface area contributed by atoms with Crippen LogP contribution in [0.1, 0.15) is 74.1 Å². The number of amidine groups is 1. The highest BCUT2D eigenvalue weighted by Gasteiger charge is 2.49. The number of hydrogen-bond donors (Lipinski definition) is 4. The van der Waals surface area contributed by atoms with Crippen molar-refractivity contribution in [2.45, 2.75) is 82.6 Å². The lowest BCUT2D eigenvalue weighted by Crippen LogP contribution is -2.48. The number of rotatable bonds is 14. The quantitative estimate of drug-likeness (QED) is 0.142. The van der Waals surface area contributed by atoms with Crippen molar-refractivity contribution < 1.29 is 37.2 Å². The first-order valence-electron chi connectivity index (χ1n) is 23.9. The van der Waals surface area contributed by atoms with Gasteiger partial charge in [-0.15, -0.1) is 11.3 Å². The van der Waals surface area contributed by atoms with Crippen LogP contribution in [-0.2, 0) is 36.8 Å². The molecular weight excluding hydrogens is 949 g/mol. The molecule has 1 aliphatic carbocycles. The van der Waals surface area contributed by atoms with Crippen molar-refractivity contribution in [1.82, 2.24) is 40.0 Å². The maximum Gasteiger partial charge on any atom is 0.260 e. The predicted molar refractivity (Wildman–Crippen MR) is 267 cm³/mol. The minimum absolute atomic E-state index is 0.0151. The maximum absolute atomic E-state index is 14.5. The van der Waals surface area contributed by atoms with Crippen LogP contribution in [0.15, 0.2) is 85.3 Å². The van der Waals surface area contributed by atoms with Crippen LogP contribution in [0.5, 0.6) is 5.88 Å². The molecule has 1 unspecified atom stereocenters. The van der Waals surface area contributed by atoms with Gasteiger partial charge in [0, 0.05) is 88.1 Å². The van der Waals surface area contributed by atoms with E-state index in [2.05, 4.69) is 30.6 Å². The van der Waals surface area contributed by atoms with Gasteiger partial charge >= 0.3 is 0 Å². The van der Waals surface area contributed by atoms with Crippen molar-refractivity contribution in [2.24, 2.45) is 23.7 Å². The van der Waals surface area contributed by atoms with E-state index in [1.165, 1.54) is 4.57 Å². The molecule has 19 nitrogen and oxygen atoms in total. The molecule has 5 aliphatic heterocycles. The summed E-state index contributed by atoms with van der Waals surface area (Å²) in [6.07, 6.45) is 5.26. The first-order valence-corrected chi connectivity index (χ1v) is 26.9. The van der Waals surface area contributed by atoms with Gasteiger partial charge in [0.2, 0.25) is 11.8 Å². The number of nitrogens with zero attached hydrogens (tertiary/aromatic N) is 7. The molecule has 2 saturated heterocycles. The second-order valence-electron chi connectivity index (χ2n) is 20.0. The number of aromatic nitrogens is 3. The number of β-amino-alcohol motifs (C(OH)–C–C–N with tert-alkyl or cyclic N) is 1. The van der Waals surface area contributed by atoms with Crippen LogP contribution in [0.3, 0.4) is 0 Å². The highest BCUT2D eigenvalue weighted by molar-refractivity contribution is 7.91. The zero-order valence-corrected chi connectivity index (χ0v) is 42.1. The number of ether oxygens (including phenoxy) is 1. The summed E-state index contributed by atoms with van der Waals surface area (Å²) in [6, 6.07) is 10.2. The fourth-order valence-electron chi connectivity index (χ4n) is 11.2. The number of aryl methyl sites for hydroxylation is 2. The van der Waals surface area contributed by atoms with E-state index in [9.17, 15) is 32.7 Å². The molecule has 21 heteroatoms. The number of benzene rings is 1. The van der Waals surface area contributed by atoms with E-state index in [1.54, 1.807) is 60.2 Å². The first kappa shape index (κ1) is 48.2. The average Bonchev–Trinajstić information content (AvgIpc) is 4.19. The highest BCUT2D eigenvalue weighted by Crippen LogP contribution is 2.47. The number of nitrogens with two attached hydrogens (primary N) is 1. The number of carbonyl (C=O) groups excluding carboxylic acids is 3. The van der Waals surface area contributed by atoms with Crippen molar-refractivity contribution in [3.05, 3.63) is 110 Å². The summed E-state index contributed by atoms with van der Waals surface area (Å²) in [5.74, 6) is -1.96. The Morgan fingerprint density at radius 3 is 2.59 bits per heavy atom. The first-order chi connectivity index (χ1) is 33.8. The van der Waals surface area contributed by atoms with Gasteiger partial charge in [0.1, 0.15) is 18.4 Å². The minimum Gasteiger partial charge on any atom is -0.474 e. The van der Waals surface area contributed by atoms with Crippen molar-refractivity contribution in [2.75, 3.05) is 51.3 Å². The Kier molecular flexibility index (Phi) is 12.4. The zero-order valence-electron chi connectivity index (χ0n) is 40.5. The summed E-state index contributed by atoms with van der Waals surface area (Å²) in [5.41, 5.74) is 12.0. The Labute approximate surface area is 415 Å². The van der Waals surface area contributed by atoms with Gasteiger partial charge in [0.25, 0.3) is 17.3 Å². The van der Waals surface area contributed by atoms with Crippen LogP contribution in [0.4, 0.5) is 0 Å². The predicted octanol–water partition coefficient (Wildman–Crippen LogP) is 2.67. The molecule has 3 amide bonds. The molecule has 10 rings (SSSR count). The molecule has 3 aromatic heterocycles. The van der Waals surface area contributed by atoms with Gasteiger partial charge in [-0.25, -0.2) is 18.4 Å². The number of aliphatic imine (C=N–C) groups is 1. The number of hydrogen-bond acceptors (Lipinski definition) is 16. The van der Waals surface area contributed by atoms with Gasteiger partial charge in [0.05, 0.1) is 56.9 Å². The summed E-state index contributed by atoms with van der Waals surface area (Å²) >= 11 is 1.55. The number of pyridine rings is 1. The SMILES string of the molecule is Cc1ncsc1-c1ccc([C@@]2(C)N=C([C@H]3C[C@@H](O)CN3C(=O)[C@H](c3cc(OCCN4CC[C@H](N5CCC6NC=C7C(C(N)=O)=C(CS(C)(=O)=O)c8ccn(C)c(=O)c8C5=C76)C4)no3)C(C)C)NC2=O)cc1. The van der Waals surface area contributed by atoms with E-state index >= 15 is 0 Å². The molecule has 374 valence electrons. The standard InChI is InChI=1S/C50H58N10O9S2/c1-26(2)39(48(64)60-23-31(61)19-36(60)46-54-49(65)50(4,55-46)29-9-7-28(8-10-29)44-27(3)53-25-70-44)37-20-38(56-69-37)68-18-17-58-15-11-30(22-58)59-16-13-35-41-33(21-52-35)40(45(51)62)34(24-71(6,66)67)32-12-14-57(5)47(63)42(32)43(41)59/h7-10,12,14,20-21,25-26,30-31,35-36,39,52,61H,11,13,15-19,22-24H2,1-6H3,(H2,51,62)(H,54,55,65)/t30-,31+,35?,36+,39-,50+/m0/s1. The molecule has 0 saturated carbocycles. The lowest BCUT2D eigenvalue weighted by molar-refractivity contribution is -0.134. The van der Waals surface area contributed by atoms with Crippen LogP contribution in [0, 0.1) is 12.8 Å². The Hall–Kier alpha value is -6.42. The highest BCUT2D eigenvalue weighted by atomic mass is 32.2. The van der Waals surface area contributed by atoms with E-state index < -0.39 is 45.1 Å². The molecule has 0 bridgehead atoms. The van der Waals surface area contributed by atoms with E-state index in [0.717, 1.165) is 40.9 Å². The normalized spacial score (nSPS) is 24.7. The number of amides is 3. The number of nitrogens with one attached hydrogen (secondary N) is 2. The second kappa shape index (κ2) is 18.3. The topological polar surface area (TPSA) is 248 Å². The summed E-state index contributed by atoms with van der Waals surface area (Å²) < 4.78 is 39.1. The molecular formula is C50H58N10O9S2. The molecule has 0 radical (unpaired) electrons. The van der Waals surface area contributed by atoms with Crippen molar-refractivity contribution in [3.8, 4) is 16.3 Å². The molecule has 5 N–H and O–H groups in total. The molecule has 6 atom stereocenters. The van der Waals surface area contributed by atoms with Crippen molar-refractivity contribution in [3.63, 3.8) is 0 Å². The number of aliphatic hydroxyl groups is 1. The lowest BCUT2D eigenvalue weighted by atomic mass is 9.88. The van der Waals surface area contributed by atoms with Crippen LogP contribution in [0.2, 0.25) is 0 Å². The van der Waals surface area contributed by atoms with Gasteiger partial charge in [0.15, 0.2) is 21.1 Å². The molecule has 4 aromatic rings. The summed E-state index contributed by atoms with van der Waals surface area (Å²) in [6.45, 7) is 10.4. The number of aliphatic hydroxyl groups excluding tert-OH is 1. The van der Waals surface area contributed by atoms with E-state index in [-0.39, 0.29) is 72.0 Å². The number of primary amides is 1. The van der Waals surface area contributed by atoms with Crippen LogP contribution >= 0.6 is 11.3 Å². The molecule has 71 heavy (non-hydrogen) atoms. The number of carbonyl (C=O) groups is 3. The van der Waals surface area contributed by atoms with Crippen molar-refractivity contribution in [1.29, 1.82) is 0 Å². The van der Waals surface area contributed by atoms with Gasteiger partial charge < -0.3 is 45.1 Å². The Morgan fingerprint density at radius 2 is 1.89 bits per heavy atom. The third-order valence-corrected chi connectivity index (χ3v) is 16.6. The van der Waals surface area contributed by atoms with Gasteiger partial charge in [-0.1, -0.05) is 38.1 Å². The average molecular weight is 1010 g/mol. The molecule has 8 heterocycles. The van der Waals surface area contributed by atoms with E-state index in [0.29, 0.717) is 65.6 Å². The Bertz CT molecular complexity index is 3150. The summed E-state index contributed by atoms with van der Waals surface area (Å²) in [7, 11) is -2.00. The van der Waals surface area contributed by atoms with E-state index in [4.69, 9.17) is 20.0 Å². The van der Waals surface area contributed by atoms with Gasteiger partial charge in [-0.05, 0) is 66.1 Å². The van der Waals surface area contributed by atoms with Crippen LogP contribution in [-0.4, -0.2) is 142 Å². The smallest absolute Gasteiger partial charge is 0.260 e. The second-order valence-corrected chi connectivity index (χ2v) is 23.0. The van der Waals surface area contributed by atoms with Crippen molar-refractivity contribution >= 4 is 56.0 Å². The number of fused-ring (bicyclic) bond motifs is 2. The lowest BCUT2D eigenvalue weighted by Gasteiger charge is -2.40. The number of likely N-dealkylation sites (tertiary alicyclic amines) is 2.